The van der Waals surface area contributed by atoms with Crippen molar-refractivity contribution in [3.8, 4) is 10.4 Å². The fourth-order valence-electron chi connectivity index (χ4n) is 4.41. The molecule has 1 saturated heterocycles. The SMILES string of the molecule is CCc1cc(NC(=O)Nc2ccc(-c3cnc(Nc4cc(N5CCN(CCO)CC5)nc(SC)n4)s3)cc2C)no1. The highest BCUT2D eigenvalue weighted by Crippen LogP contribution is 2.33. The predicted molar refractivity (Wildman–Crippen MR) is 164 cm³/mol. The Morgan fingerprint density at radius 2 is 1.95 bits per heavy atom. The summed E-state index contributed by atoms with van der Waals surface area (Å²) in [7, 11) is 0. The summed E-state index contributed by atoms with van der Waals surface area (Å²) in [5, 5.41) is 23.4. The van der Waals surface area contributed by atoms with Crippen molar-refractivity contribution in [3.63, 3.8) is 0 Å². The maximum atomic E-state index is 12.4. The zero-order valence-corrected chi connectivity index (χ0v) is 24.8. The number of β-amino-alcohol motifs (C(OH)–C–C–N with tert-alkyl or cyclic N) is 1. The molecule has 5 rings (SSSR count). The Kier molecular flexibility index (Phi) is 9.34. The Balaban J connectivity index is 1.24. The number of aromatic nitrogens is 4. The molecule has 1 aliphatic heterocycles. The fraction of sp³-hybridized carbons (Fsp3) is 0.370. The highest BCUT2D eigenvalue weighted by molar-refractivity contribution is 7.98. The summed E-state index contributed by atoms with van der Waals surface area (Å²) < 4.78 is 5.13. The first-order valence-corrected chi connectivity index (χ1v) is 15.4. The Morgan fingerprint density at radius 1 is 1.12 bits per heavy atom. The average molecular weight is 596 g/mol. The van der Waals surface area contributed by atoms with Crippen LogP contribution >= 0.6 is 23.1 Å². The van der Waals surface area contributed by atoms with E-state index in [1.54, 1.807) is 6.07 Å². The first-order chi connectivity index (χ1) is 19.9. The van der Waals surface area contributed by atoms with Crippen molar-refractivity contribution in [2.45, 2.75) is 25.4 Å². The minimum absolute atomic E-state index is 0.177. The van der Waals surface area contributed by atoms with E-state index < -0.39 is 0 Å². The monoisotopic (exact) mass is 595 g/mol. The molecule has 216 valence electrons. The van der Waals surface area contributed by atoms with Gasteiger partial charge in [-0.3, -0.25) is 10.2 Å². The van der Waals surface area contributed by atoms with Gasteiger partial charge in [-0.2, -0.15) is 0 Å². The summed E-state index contributed by atoms with van der Waals surface area (Å²) in [5.41, 5.74) is 2.61. The van der Waals surface area contributed by atoms with E-state index >= 15 is 0 Å². The zero-order valence-electron chi connectivity index (χ0n) is 23.2. The molecule has 0 saturated carbocycles. The Morgan fingerprint density at radius 3 is 2.66 bits per heavy atom. The minimum atomic E-state index is -0.387. The van der Waals surface area contributed by atoms with Crippen LogP contribution in [-0.2, 0) is 6.42 Å². The lowest BCUT2D eigenvalue weighted by molar-refractivity contribution is 0.188. The van der Waals surface area contributed by atoms with Crippen LogP contribution in [0.1, 0.15) is 18.2 Å². The number of carbonyl (C=O) groups excluding carboxylic acids is 1. The van der Waals surface area contributed by atoms with Crippen LogP contribution in [0.25, 0.3) is 10.4 Å². The van der Waals surface area contributed by atoms with Gasteiger partial charge in [0.15, 0.2) is 16.1 Å². The van der Waals surface area contributed by atoms with Crippen LogP contribution in [0.4, 0.5) is 33.1 Å². The van der Waals surface area contributed by atoms with E-state index in [0.717, 1.165) is 53.1 Å². The van der Waals surface area contributed by atoms with Crippen LogP contribution in [0.3, 0.4) is 0 Å². The Hall–Kier alpha value is -3.72. The third-order valence-electron chi connectivity index (χ3n) is 6.64. The maximum absolute atomic E-state index is 12.4. The van der Waals surface area contributed by atoms with E-state index in [0.29, 0.717) is 41.2 Å². The van der Waals surface area contributed by atoms with Gasteiger partial charge in [0.05, 0.1) is 11.5 Å². The second kappa shape index (κ2) is 13.3. The highest BCUT2D eigenvalue weighted by Gasteiger charge is 2.19. The first kappa shape index (κ1) is 28.8. The van der Waals surface area contributed by atoms with Crippen molar-refractivity contribution in [3.05, 3.63) is 47.9 Å². The molecule has 4 aromatic rings. The molecule has 0 bridgehead atoms. The van der Waals surface area contributed by atoms with E-state index in [9.17, 15) is 9.90 Å². The molecule has 2 amide bonds. The molecule has 3 aromatic heterocycles. The van der Waals surface area contributed by atoms with Crippen LogP contribution in [0.2, 0.25) is 0 Å². The van der Waals surface area contributed by atoms with Crippen LogP contribution in [0, 0.1) is 6.92 Å². The topological polar surface area (TPSA) is 145 Å². The molecule has 0 atom stereocenters. The summed E-state index contributed by atoms with van der Waals surface area (Å²) in [6.45, 7) is 8.24. The molecule has 0 radical (unpaired) electrons. The molecule has 14 heteroatoms. The first-order valence-electron chi connectivity index (χ1n) is 13.3. The third-order valence-corrected chi connectivity index (χ3v) is 8.15. The number of urea groups is 1. The molecule has 41 heavy (non-hydrogen) atoms. The zero-order chi connectivity index (χ0) is 28.8. The number of hydrogen-bond acceptors (Lipinski definition) is 12. The van der Waals surface area contributed by atoms with Crippen molar-refractivity contribution in [2.24, 2.45) is 0 Å². The van der Waals surface area contributed by atoms with Crippen molar-refractivity contribution >= 4 is 57.4 Å². The molecule has 1 fully saturated rings. The number of aliphatic hydroxyl groups excluding tert-OH is 1. The number of aliphatic hydroxyl groups is 1. The Labute approximate surface area is 246 Å². The van der Waals surface area contributed by atoms with Gasteiger partial charge in [-0.05, 0) is 36.4 Å². The van der Waals surface area contributed by atoms with E-state index in [4.69, 9.17) is 9.51 Å². The standard InChI is InChI=1S/C27H33N9O3S2/c1-4-19-14-23(34-39-19)30-25(38)29-20-6-5-18(13-17(20)2)21-16-28-26(41-21)31-22-15-24(33-27(32-22)40-3)36-9-7-35(8-10-36)11-12-37/h5-6,13-16,37H,4,7-12H2,1-3H3,(H,28,31,32,33)(H2,29,30,34,38). The number of piperazine rings is 1. The number of hydrogen-bond donors (Lipinski definition) is 4. The quantitative estimate of drug-likeness (QED) is 0.150. The lowest BCUT2D eigenvalue weighted by atomic mass is 10.1. The minimum Gasteiger partial charge on any atom is -0.395 e. The normalized spacial score (nSPS) is 13.8. The van der Waals surface area contributed by atoms with Gasteiger partial charge in [-0.15, -0.1) is 0 Å². The molecule has 0 spiro atoms. The number of thioether (sulfide) groups is 1. The molecule has 0 unspecified atom stereocenters. The van der Waals surface area contributed by atoms with Crippen molar-refractivity contribution in [1.82, 2.24) is 25.0 Å². The molecular weight excluding hydrogens is 562 g/mol. The van der Waals surface area contributed by atoms with Gasteiger partial charge in [-0.1, -0.05) is 41.2 Å². The van der Waals surface area contributed by atoms with Gasteiger partial charge < -0.3 is 25.2 Å². The van der Waals surface area contributed by atoms with Crippen LogP contribution in [-0.4, -0.2) is 81.7 Å². The van der Waals surface area contributed by atoms with Crippen molar-refractivity contribution in [1.29, 1.82) is 0 Å². The third kappa shape index (κ3) is 7.33. The molecular formula is C27H33N9O3S2. The summed E-state index contributed by atoms with van der Waals surface area (Å²) in [6, 6.07) is 9.12. The number of carbonyl (C=O) groups is 1. The van der Waals surface area contributed by atoms with E-state index in [2.05, 4.69) is 40.9 Å². The molecule has 12 nitrogen and oxygen atoms in total. The highest BCUT2D eigenvalue weighted by atomic mass is 32.2. The maximum Gasteiger partial charge on any atom is 0.324 e. The van der Waals surface area contributed by atoms with E-state index in [-0.39, 0.29) is 12.6 Å². The van der Waals surface area contributed by atoms with E-state index in [1.807, 2.05) is 50.6 Å². The molecule has 1 aromatic carbocycles. The Bertz CT molecular complexity index is 1480. The van der Waals surface area contributed by atoms with Crippen LogP contribution < -0.4 is 20.9 Å². The summed E-state index contributed by atoms with van der Waals surface area (Å²) >= 11 is 3.02. The number of nitrogens with zero attached hydrogens (tertiary/aromatic N) is 6. The summed E-state index contributed by atoms with van der Waals surface area (Å²) in [5.74, 6) is 2.65. The molecule has 1 aliphatic rings. The van der Waals surface area contributed by atoms with Gasteiger partial charge in [0.25, 0.3) is 0 Å². The summed E-state index contributed by atoms with van der Waals surface area (Å²) in [6.07, 6.45) is 4.50. The van der Waals surface area contributed by atoms with E-state index in [1.165, 1.54) is 23.1 Å². The van der Waals surface area contributed by atoms with Gasteiger partial charge in [0.1, 0.15) is 17.4 Å². The number of thiazole rings is 1. The number of anilines is 5. The number of rotatable bonds is 10. The second-order valence-corrected chi connectivity index (χ2v) is 11.2. The predicted octanol–water partition coefficient (Wildman–Crippen LogP) is 4.68. The number of aryl methyl sites for hydroxylation is 2. The number of benzene rings is 1. The summed E-state index contributed by atoms with van der Waals surface area (Å²) in [4.78, 5) is 31.8. The largest absolute Gasteiger partial charge is 0.395 e. The average Bonchev–Trinajstić information content (AvgIpc) is 3.64. The smallest absolute Gasteiger partial charge is 0.324 e. The van der Waals surface area contributed by atoms with Crippen LogP contribution in [0.5, 0.6) is 0 Å². The number of nitrogens with one attached hydrogen (secondary N) is 3. The van der Waals surface area contributed by atoms with Crippen molar-refractivity contribution in [2.75, 3.05) is 66.4 Å². The fourth-order valence-corrected chi connectivity index (χ4v) is 5.61. The van der Waals surface area contributed by atoms with Gasteiger partial charge in [0, 0.05) is 63.2 Å². The van der Waals surface area contributed by atoms with Gasteiger partial charge in [0.2, 0.25) is 0 Å². The number of amides is 2. The molecule has 4 N–H and O–H groups in total. The molecule has 0 aliphatic carbocycles. The second-order valence-electron chi connectivity index (χ2n) is 9.45. The van der Waals surface area contributed by atoms with Crippen LogP contribution in [0.15, 0.2) is 46.2 Å². The lowest BCUT2D eigenvalue weighted by Crippen LogP contribution is -2.47. The van der Waals surface area contributed by atoms with Crippen molar-refractivity contribution < 1.29 is 14.4 Å². The lowest BCUT2D eigenvalue weighted by Gasteiger charge is -2.35. The van der Waals surface area contributed by atoms with Gasteiger partial charge >= 0.3 is 6.03 Å². The van der Waals surface area contributed by atoms with Gasteiger partial charge in [-0.25, -0.2) is 19.7 Å². The molecule has 4 heterocycles.